The molecule has 0 radical (unpaired) electrons. The Morgan fingerprint density at radius 2 is 2.00 bits per heavy atom. The Labute approximate surface area is 169 Å². The van der Waals surface area contributed by atoms with Crippen molar-refractivity contribution in [3.63, 3.8) is 0 Å². The molecule has 2 aromatic carbocycles. The average Bonchev–Trinajstić information content (AvgIpc) is 2.72. The second kappa shape index (κ2) is 7.56. The van der Waals surface area contributed by atoms with Crippen LogP contribution in [0.1, 0.15) is 27.9 Å². The van der Waals surface area contributed by atoms with Gasteiger partial charge in [-0.2, -0.15) is 0 Å². The van der Waals surface area contributed by atoms with Gasteiger partial charge in [-0.15, -0.1) is 0 Å². The second-order valence-corrected chi connectivity index (χ2v) is 7.23. The minimum atomic E-state index is -0.315. The van der Waals surface area contributed by atoms with Crippen molar-refractivity contribution < 1.29 is 15.0 Å². The van der Waals surface area contributed by atoms with Crippen molar-refractivity contribution in [3.8, 4) is 22.8 Å². The van der Waals surface area contributed by atoms with Gasteiger partial charge >= 0.3 is 0 Å². The number of phenols is 2. The normalized spacial score (nSPS) is 15.8. The van der Waals surface area contributed by atoms with Crippen molar-refractivity contribution >= 4 is 11.6 Å². The van der Waals surface area contributed by atoms with Crippen LogP contribution in [0.3, 0.4) is 0 Å². The van der Waals surface area contributed by atoms with E-state index in [1.165, 1.54) is 18.2 Å². The number of hydrogen-bond donors (Lipinski definition) is 3. The first-order valence-corrected chi connectivity index (χ1v) is 9.57. The molecular formula is C23H23N3O3. The van der Waals surface area contributed by atoms with Crippen LogP contribution in [-0.4, -0.2) is 34.3 Å². The number of aromatic nitrogens is 1. The first-order valence-electron chi connectivity index (χ1n) is 9.57. The van der Waals surface area contributed by atoms with E-state index in [2.05, 4.69) is 16.4 Å². The molecule has 3 aromatic rings. The number of fused-ring (bicyclic) bond motifs is 1. The quantitative estimate of drug-likeness (QED) is 0.637. The van der Waals surface area contributed by atoms with Gasteiger partial charge in [-0.1, -0.05) is 12.1 Å². The zero-order chi connectivity index (χ0) is 20.5. The van der Waals surface area contributed by atoms with E-state index >= 15 is 0 Å². The number of benzene rings is 2. The Hall–Kier alpha value is -3.38. The zero-order valence-corrected chi connectivity index (χ0v) is 16.4. The third kappa shape index (κ3) is 3.43. The highest BCUT2D eigenvalue weighted by molar-refractivity contribution is 6.09. The maximum Gasteiger partial charge on any atom is 0.263 e. The molecule has 1 amide bonds. The standard InChI is InChI=1S/C23H23N3O3/c1-14-4-3-11-25-22(14)16-5-9-19-15(12-16)6-10-21(24-2)26(19)23(29)18-8-7-17(27)13-20(18)28/h3-5,7-9,11-13,21,24,27-28H,6,10H2,1-2H3. The first-order chi connectivity index (χ1) is 14.0. The molecule has 6 nitrogen and oxygen atoms in total. The van der Waals surface area contributed by atoms with Crippen LogP contribution in [0.5, 0.6) is 11.5 Å². The summed E-state index contributed by atoms with van der Waals surface area (Å²) >= 11 is 0. The van der Waals surface area contributed by atoms with Crippen molar-refractivity contribution in [3.05, 3.63) is 71.4 Å². The lowest BCUT2D eigenvalue weighted by Crippen LogP contribution is -2.50. The number of aryl methyl sites for hydroxylation is 2. The van der Waals surface area contributed by atoms with Crippen LogP contribution in [0.25, 0.3) is 11.3 Å². The highest BCUT2D eigenvalue weighted by Gasteiger charge is 2.32. The minimum Gasteiger partial charge on any atom is -0.508 e. The van der Waals surface area contributed by atoms with E-state index < -0.39 is 0 Å². The van der Waals surface area contributed by atoms with Crippen molar-refractivity contribution in [2.24, 2.45) is 0 Å². The van der Waals surface area contributed by atoms with Crippen LogP contribution >= 0.6 is 0 Å². The molecule has 3 N–H and O–H groups in total. The predicted molar refractivity (Wildman–Crippen MR) is 112 cm³/mol. The fraction of sp³-hybridized carbons (Fsp3) is 0.217. The highest BCUT2D eigenvalue weighted by Crippen LogP contribution is 2.36. The Morgan fingerprint density at radius 3 is 2.72 bits per heavy atom. The van der Waals surface area contributed by atoms with Gasteiger partial charge in [-0.3, -0.25) is 20.0 Å². The SMILES string of the molecule is CNC1CCc2cc(-c3ncccc3C)ccc2N1C(=O)c1ccc(O)cc1O. The van der Waals surface area contributed by atoms with Gasteiger partial charge in [0, 0.05) is 23.5 Å². The first kappa shape index (κ1) is 19.0. The average molecular weight is 389 g/mol. The number of aromatic hydroxyl groups is 2. The number of rotatable bonds is 3. The molecule has 1 aliphatic rings. The van der Waals surface area contributed by atoms with Gasteiger partial charge in [0.15, 0.2) is 0 Å². The van der Waals surface area contributed by atoms with E-state index in [0.717, 1.165) is 40.9 Å². The maximum absolute atomic E-state index is 13.3. The summed E-state index contributed by atoms with van der Waals surface area (Å²) in [5, 5.41) is 22.9. The van der Waals surface area contributed by atoms with Gasteiger partial charge < -0.3 is 10.2 Å². The summed E-state index contributed by atoms with van der Waals surface area (Å²) in [5.74, 6) is -0.638. The van der Waals surface area contributed by atoms with E-state index in [0.29, 0.717) is 0 Å². The van der Waals surface area contributed by atoms with Crippen LogP contribution in [0, 0.1) is 6.92 Å². The van der Waals surface area contributed by atoms with E-state index in [1.54, 1.807) is 11.1 Å². The molecule has 2 heterocycles. The van der Waals surface area contributed by atoms with Crippen LogP contribution in [0.4, 0.5) is 5.69 Å². The lowest BCUT2D eigenvalue weighted by molar-refractivity contribution is 0.0966. The topological polar surface area (TPSA) is 85.7 Å². The van der Waals surface area contributed by atoms with Crippen LogP contribution < -0.4 is 10.2 Å². The summed E-state index contributed by atoms with van der Waals surface area (Å²) in [4.78, 5) is 19.5. The third-order valence-corrected chi connectivity index (χ3v) is 5.38. The number of amides is 1. The number of hydrogen-bond acceptors (Lipinski definition) is 5. The Morgan fingerprint density at radius 1 is 1.17 bits per heavy atom. The van der Waals surface area contributed by atoms with Gasteiger partial charge in [0.2, 0.25) is 0 Å². The number of carbonyl (C=O) groups excluding carboxylic acids is 1. The summed E-state index contributed by atoms with van der Waals surface area (Å²) in [6.45, 7) is 2.03. The molecule has 1 atom stereocenters. The van der Waals surface area contributed by atoms with Gasteiger partial charge in [0.25, 0.3) is 5.91 Å². The van der Waals surface area contributed by atoms with Gasteiger partial charge in [0.1, 0.15) is 11.5 Å². The summed E-state index contributed by atoms with van der Waals surface area (Å²) in [6.07, 6.45) is 3.16. The number of nitrogens with zero attached hydrogens (tertiary/aromatic N) is 2. The minimum absolute atomic E-state index is 0.0846. The van der Waals surface area contributed by atoms with E-state index in [4.69, 9.17) is 0 Å². The summed E-state index contributed by atoms with van der Waals surface area (Å²) in [6, 6.07) is 14.0. The maximum atomic E-state index is 13.3. The molecule has 6 heteroatoms. The smallest absolute Gasteiger partial charge is 0.263 e. The van der Waals surface area contributed by atoms with Crippen molar-refractivity contribution in [2.45, 2.75) is 25.9 Å². The number of anilines is 1. The molecule has 0 fully saturated rings. The molecule has 148 valence electrons. The fourth-order valence-electron chi connectivity index (χ4n) is 3.90. The number of pyridine rings is 1. The molecule has 0 saturated heterocycles. The Balaban J connectivity index is 1.77. The molecule has 1 aromatic heterocycles. The number of phenolic OH excluding ortho intramolecular Hbond substituents is 2. The third-order valence-electron chi connectivity index (χ3n) is 5.38. The Kier molecular flexibility index (Phi) is 4.94. The summed E-state index contributed by atoms with van der Waals surface area (Å²) < 4.78 is 0. The second-order valence-electron chi connectivity index (χ2n) is 7.23. The van der Waals surface area contributed by atoms with Crippen LogP contribution in [0.15, 0.2) is 54.7 Å². The van der Waals surface area contributed by atoms with Crippen molar-refractivity contribution in [2.75, 3.05) is 11.9 Å². The highest BCUT2D eigenvalue weighted by atomic mass is 16.3. The van der Waals surface area contributed by atoms with E-state index in [9.17, 15) is 15.0 Å². The van der Waals surface area contributed by atoms with E-state index in [-0.39, 0.29) is 29.1 Å². The van der Waals surface area contributed by atoms with Crippen LogP contribution in [0.2, 0.25) is 0 Å². The summed E-state index contributed by atoms with van der Waals surface area (Å²) in [5.41, 5.74) is 5.07. The van der Waals surface area contributed by atoms with E-state index in [1.807, 2.05) is 38.2 Å². The van der Waals surface area contributed by atoms with Gasteiger partial charge in [-0.05, 0) is 68.3 Å². The molecule has 0 spiro atoms. The largest absolute Gasteiger partial charge is 0.508 e. The summed E-state index contributed by atoms with van der Waals surface area (Å²) in [7, 11) is 1.82. The van der Waals surface area contributed by atoms with Crippen molar-refractivity contribution in [1.29, 1.82) is 0 Å². The Bertz CT molecular complexity index is 1080. The van der Waals surface area contributed by atoms with Crippen LogP contribution in [-0.2, 0) is 6.42 Å². The van der Waals surface area contributed by atoms with Gasteiger partial charge in [0.05, 0.1) is 17.4 Å². The van der Waals surface area contributed by atoms with Crippen molar-refractivity contribution in [1.82, 2.24) is 10.3 Å². The number of nitrogens with one attached hydrogen (secondary N) is 1. The molecule has 1 unspecified atom stereocenters. The molecule has 0 saturated carbocycles. The lowest BCUT2D eigenvalue weighted by Gasteiger charge is -2.37. The lowest BCUT2D eigenvalue weighted by atomic mass is 9.94. The zero-order valence-electron chi connectivity index (χ0n) is 16.4. The molecule has 4 rings (SSSR count). The van der Waals surface area contributed by atoms with Gasteiger partial charge in [-0.25, -0.2) is 0 Å². The fourth-order valence-corrected chi connectivity index (χ4v) is 3.90. The molecule has 0 bridgehead atoms. The number of carbonyl (C=O) groups is 1. The predicted octanol–water partition coefficient (Wildman–Crippen LogP) is 3.61. The monoisotopic (exact) mass is 389 g/mol. The molecular weight excluding hydrogens is 366 g/mol. The molecule has 29 heavy (non-hydrogen) atoms. The molecule has 1 aliphatic heterocycles. The molecule has 0 aliphatic carbocycles.